The van der Waals surface area contributed by atoms with Crippen molar-refractivity contribution in [3.63, 3.8) is 0 Å². The van der Waals surface area contributed by atoms with Gasteiger partial charge in [0.2, 0.25) is 11.8 Å². The average Bonchev–Trinajstić information content (AvgIpc) is 3.32. The zero-order valence-electron chi connectivity index (χ0n) is 18.0. The highest BCUT2D eigenvalue weighted by atomic mass is 35.5. The van der Waals surface area contributed by atoms with Crippen LogP contribution < -0.4 is 10.6 Å². The van der Waals surface area contributed by atoms with E-state index < -0.39 is 11.5 Å². The molecule has 1 fully saturated rings. The average molecular weight is 446 g/mol. The monoisotopic (exact) mass is 445 g/mol. The summed E-state index contributed by atoms with van der Waals surface area (Å²) in [4.78, 5) is 29.7. The number of fused-ring (bicyclic) bond motifs is 2. The largest absolute Gasteiger partial charge is 0.347 e. The van der Waals surface area contributed by atoms with E-state index >= 15 is 0 Å². The first-order chi connectivity index (χ1) is 14.1. The standard InChI is InChI=1S/C23H28ClN3O2S/c1-22(2,3)12-17-23(14-9-8-13(24)11-15(14)25-21(23)29)18(16-7-6-10-30-16)19(26-17)20(28)27(4)5/h6-11,17-19,26H,12H2,1-5H3,(H,25,29)/t17-,18+,19-,23+/m1/s1. The van der Waals surface area contributed by atoms with E-state index in [2.05, 4.69) is 31.4 Å². The molecule has 0 radical (unpaired) electrons. The Bertz CT molecular complexity index is 983. The molecule has 3 heterocycles. The molecule has 0 saturated carbocycles. The van der Waals surface area contributed by atoms with Gasteiger partial charge >= 0.3 is 0 Å². The summed E-state index contributed by atoms with van der Waals surface area (Å²) in [7, 11) is 3.53. The number of carbonyl (C=O) groups is 2. The second-order valence-electron chi connectivity index (χ2n) is 9.70. The molecule has 0 aliphatic carbocycles. The number of nitrogens with zero attached hydrogens (tertiary/aromatic N) is 1. The smallest absolute Gasteiger partial charge is 0.239 e. The third-order valence-corrected chi connectivity index (χ3v) is 7.37. The third kappa shape index (κ3) is 3.26. The molecule has 2 aliphatic rings. The van der Waals surface area contributed by atoms with Gasteiger partial charge in [0.25, 0.3) is 0 Å². The quantitative estimate of drug-likeness (QED) is 0.742. The van der Waals surface area contributed by atoms with Gasteiger partial charge in [-0.15, -0.1) is 11.3 Å². The van der Waals surface area contributed by atoms with Crippen LogP contribution in [0.5, 0.6) is 0 Å². The molecule has 7 heteroatoms. The van der Waals surface area contributed by atoms with Crippen molar-refractivity contribution in [2.24, 2.45) is 5.41 Å². The summed E-state index contributed by atoms with van der Waals surface area (Å²) in [5, 5.41) is 9.28. The van der Waals surface area contributed by atoms with Crippen molar-refractivity contribution in [2.75, 3.05) is 19.4 Å². The van der Waals surface area contributed by atoms with E-state index in [1.54, 1.807) is 30.3 Å². The predicted octanol–water partition coefficient (Wildman–Crippen LogP) is 4.24. The van der Waals surface area contributed by atoms with Crippen LogP contribution in [0.1, 0.15) is 43.6 Å². The zero-order valence-corrected chi connectivity index (χ0v) is 19.5. The van der Waals surface area contributed by atoms with Crippen molar-refractivity contribution in [3.8, 4) is 0 Å². The minimum Gasteiger partial charge on any atom is -0.347 e. The van der Waals surface area contributed by atoms with E-state index in [0.29, 0.717) is 5.02 Å². The molecule has 1 aromatic carbocycles. The Labute approximate surface area is 186 Å². The molecule has 2 amide bonds. The topological polar surface area (TPSA) is 61.4 Å². The Balaban J connectivity index is 1.98. The van der Waals surface area contributed by atoms with Crippen molar-refractivity contribution in [1.29, 1.82) is 0 Å². The number of carbonyl (C=O) groups excluding carboxylic acids is 2. The Morgan fingerprint density at radius 2 is 2.00 bits per heavy atom. The van der Waals surface area contributed by atoms with Crippen molar-refractivity contribution >= 4 is 40.4 Å². The van der Waals surface area contributed by atoms with Gasteiger partial charge in [-0.25, -0.2) is 0 Å². The number of anilines is 1. The molecule has 4 atom stereocenters. The minimum absolute atomic E-state index is 0.0144. The first-order valence-electron chi connectivity index (χ1n) is 10.2. The molecule has 1 spiro atoms. The molecule has 4 rings (SSSR count). The molecule has 0 unspecified atom stereocenters. The SMILES string of the molecule is CN(C)C(=O)[C@@H]1N[C@H](CC(C)(C)C)[C@]2(C(=O)Nc3cc(Cl)ccc32)[C@H]1c1cccs1. The van der Waals surface area contributed by atoms with Crippen LogP contribution in [0.2, 0.25) is 5.02 Å². The summed E-state index contributed by atoms with van der Waals surface area (Å²) in [6, 6.07) is 8.94. The van der Waals surface area contributed by atoms with Gasteiger partial charge in [-0.05, 0) is 41.0 Å². The number of hydrogen-bond donors (Lipinski definition) is 2. The third-order valence-electron chi connectivity index (χ3n) is 6.18. The van der Waals surface area contributed by atoms with Gasteiger partial charge in [0.15, 0.2) is 0 Å². The summed E-state index contributed by atoms with van der Waals surface area (Å²) < 4.78 is 0. The van der Waals surface area contributed by atoms with Crippen LogP contribution in [0, 0.1) is 5.41 Å². The molecule has 5 nitrogen and oxygen atoms in total. The van der Waals surface area contributed by atoms with E-state index in [1.807, 2.05) is 35.7 Å². The summed E-state index contributed by atoms with van der Waals surface area (Å²) >= 11 is 7.84. The van der Waals surface area contributed by atoms with Crippen LogP contribution in [-0.4, -0.2) is 42.9 Å². The highest BCUT2D eigenvalue weighted by molar-refractivity contribution is 7.10. The molecule has 1 saturated heterocycles. The highest BCUT2D eigenvalue weighted by Crippen LogP contribution is 2.57. The maximum absolute atomic E-state index is 13.8. The normalized spacial score (nSPS) is 27.9. The number of likely N-dealkylation sites (N-methyl/N-ethyl adjacent to an activating group) is 1. The summed E-state index contributed by atoms with van der Waals surface area (Å²) in [5.41, 5.74) is 0.753. The Kier molecular flexibility index (Phi) is 5.24. The fourth-order valence-electron chi connectivity index (χ4n) is 5.09. The molecule has 1 aromatic heterocycles. The van der Waals surface area contributed by atoms with Gasteiger partial charge in [0.05, 0.1) is 6.04 Å². The molecule has 0 bridgehead atoms. The van der Waals surface area contributed by atoms with Gasteiger partial charge in [0.1, 0.15) is 5.41 Å². The van der Waals surface area contributed by atoms with Gasteiger partial charge in [-0.3, -0.25) is 9.59 Å². The lowest BCUT2D eigenvalue weighted by Crippen LogP contribution is -2.49. The van der Waals surface area contributed by atoms with E-state index in [4.69, 9.17) is 11.6 Å². The van der Waals surface area contributed by atoms with Gasteiger partial charge in [0, 0.05) is 41.6 Å². The van der Waals surface area contributed by atoms with Crippen molar-refractivity contribution in [3.05, 3.63) is 51.2 Å². The van der Waals surface area contributed by atoms with Crippen molar-refractivity contribution in [2.45, 2.75) is 50.6 Å². The fourth-order valence-corrected chi connectivity index (χ4v) is 6.20. The molecule has 160 valence electrons. The number of amides is 2. The number of hydrogen-bond acceptors (Lipinski definition) is 4. The van der Waals surface area contributed by atoms with E-state index in [0.717, 1.165) is 22.5 Å². The van der Waals surface area contributed by atoms with E-state index in [-0.39, 0.29) is 29.2 Å². The van der Waals surface area contributed by atoms with Gasteiger partial charge in [-0.1, -0.05) is 44.5 Å². The summed E-state index contributed by atoms with van der Waals surface area (Å²) in [5.74, 6) is -0.379. The number of nitrogens with one attached hydrogen (secondary N) is 2. The first-order valence-corrected chi connectivity index (χ1v) is 11.4. The number of rotatable bonds is 3. The summed E-state index contributed by atoms with van der Waals surface area (Å²) in [6.45, 7) is 6.50. The Morgan fingerprint density at radius 3 is 2.60 bits per heavy atom. The predicted molar refractivity (Wildman–Crippen MR) is 122 cm³/mol. The Hall–Kier alpha value is -1.89. The fraction of sp³-hybridized carbons (Fsp3) is 0.478. The Morgan fingerprint density at radius 1 is 1.27 bits per heavy atom. The van der Waals surface area contributed by atoms with Crippen molar-refractivity contribution in [1.82, 2.24) is 10.2 Å². The molecule has 2 aliphatic heterocycles. The van der Waals surface area contributed by atoms with E-state index in [1.165, 1.54) is 0 Å². The maximum atomic E-state index is 13.8. The van der Waals surface area contributed by atoms with Gasteiger partial charge in [-0.2, -0.15) is 0 Å². The lowest BCUT2D eigenvalue weighted by atomic mass is 9.64. The minimum atomic E-state index is -0.881. The lowest BCUT2D eigenvalue weighted by Gasteiger charge is -2.37. The van der Waals surface area contributed by atoms with Crippen LogP contribution in [0.4, 0.5) is 5.69 Å². The first kappa shape index (κ1) is 21.3. The molecule has 2 aromatic rings. The number of halogens is 1. The number of benzene rings is 1. The van der Waals surface area contributed by atoms with Crippen LogP contribution >= 0.6 is 22.9 Å². The zero-order chi connectivity index (χ0) is 21.8. The molecular formula is C23H28ClN3O2S. The lowest BCUT2D eigenvalue weighted by molar-refractivity contribution is -0.131. The molecule has 30 heavy (non-hydrogen) atoms. The second-order valence-corrected chi connectivity index (χ2v) is 11.1. The van der Waals surface area contributed by atoms with E-state index in [9.17, 15) is 9.59 Å². The molecule has 2 N–H and O–H groups in total. The van der Waals surface area contributed by atoms with Crippen LogP contribution in [-0.2, 0) is 15.0 Å². The second kappa shape index (κ2) is 7.36. The van der Waals surface area contributed by atoms with Crippen LogP contribution in [0.25, 0.3) is 0 Å². The van der Waals surface area contributed by atoms with Crippen molar-refractivity contribution < 1.29 is 9.59 Å². The van der Waals surface area contributed by atoms with Crippen LogP contribution in [0.3, 0.4) is 0 Å². The molecular weight excluding hydrogens is 418 g/mol. The maximum Gasteiger partial charge on any atom is 0.239 e. The van der Waals surface area contributed by atoms with Gasteiger partial charge < -0.3 is 15.5 Å². The van der Waals surface area contributed by atoms with Crippen LogP contribution in [0.15, 0.2) is 35.7 Å². The number of thiophene rings is 1. The highest BCUT2D eigenvalue weighted by Gasteiger charge is 2.66. The summed E-state index contributed by atoms with van der Waals surface area (Å²) in [6.07, 6.45) is 0.752.